The van der Waals surface area contributed by atoms with Gasteiger partial charge in [-0.3, -0.25) is 0 Å². The smallest absolute Gasteiger partial charge is 0.338 e. The third-order valence-electron chi connectivity index (χ3n) is 3.20. The quantitative estimate of drug-likeness (QED) is 0.785. The largest absolute Gasteiger partial charge is 0.456 e. The fraction of sp³-hybridized carbons (Fsp3) is 0.357. The van der Waals surface area contributed by atoms with Gasteiger partial charge in [0.2, 0.25) is 0 Å². The highest BCUT2D eigenvalue weighted by molar-refractivity contribution is 5.91. The van der Waals surface area contributed by atoms with E-state index in [0.717, 1.165) is 12.0 Å². The van der Waals surface area contributed by atoms with Gasteiger partial charge in [-0.05, 0) is 11.6 Å². The summed E-state index contributed by atoms with van der Waals surface area (Å²) < 4.78 is 12.3. The molecule has 1 atom stereocenters. The molecule has 0 radical (unpaired) electrons. The lowest BCUT2D eigenvalue weighted by Crippen LogP contribution is -2.19. The van der Waals surface area contributed by atoms with Crippen molar-refractivity contribution in [3.8, 4) is 0 Å². The molecule has 6 heteroatoms. The van der Waals surface area contributed by atoms with Crippen LogP contribution in [-0.2, 0) is 16.0 Å². The maximum absolute atomic E-state index is 12.2. The van der Waals surface area contributed by atoms with Crippen molar-refractivity contribution < 1.29 is 14.3 Å². The van der Waals surface area contributed by atoms with E-state index >= 15 is 0 Å². The SMILES string of the molecule is O=C(O[C@H]1CCOC1)c1ccccc1Cn1cncn1. The van der Waals surface area contributed by atoms with Crippen molar-refractivity contribution in [2.45, 2.75) is 19.1 Å². The van der Waals surface area contributed by atoms with Crippen molar-refractivity contribution in [2.24, 2.45) is 0 Å². The zero-order valence-corrected chi connectivity index (χ0v) is 10.9. The standard InChI is InChI=1S/C14H15N3O3/c18-14(20-12-5-6-19-8-12)13-4-2-1-3-11(13)7-17-10-15-9-16-17/h1-4,9-10,12H,5-8H2/t12-/m0/s1. The van der Waals surface area contributed by atoms with Crippen LogP contribution in [0.25, 0.3) is 0 Å². The van der Waals surface area contributed by atoms with Gasteiger partial charge < -0.3 is 9.47 Å². The molecule has 0 bridgehead atoms. The van der Waals surface area contributed by atoms with E-state index in [1.807, 2.05) is 18.2 Å². The summed E-state index contributed by atoms with van der Waals surface area (Å²) in [5.74, 6) is -0.309. The van der Waals surface area contributed by atoms with Crippen LogP contribution in [0.3, 0.4) is 0 Å². The van der Waals surface area contributed by atoms with E-state index in [4.69, 9.17) is 9.47 Å². The van der Waals surface area contributed by atoms with Gasteiger partial charge in [0.25, 0.3) is 0 Å². The minimum Gasteiger partial charge on any atom is -0.456 e. The first-order valence-corrected chi connectivity index (χ1v) is 6.52. The van der Waals surface area contributed by atoms with Crippen molar-refractivity contribution in [1.82, 2.24) is 14.8 Å². The summed E-state index contributed by atoms with van der Waals surface area (Å²) in [5.41, 5.74) is 1.43. The molecule has 1 aromatic carbocycles. The van der Waals surface area contributed by atoms with Gasteiger partial charge in [0, 0.05) is 6.42 Å². The third-order valence-corrected chi connectivity index (χ3v) is 3.20. The van der Waals surface area contributed by atoms with Crippen molar-refractivity contribution >= 4 is 5.97 Å². The highest BCUT2D eigenvalue weighted by Gasteiger charge is 2.22. The number of esters is 1. The molecule has 1 fully saturated rings. The zero-order valence-electron chi connectivity index (χ0n) is 10.9. The molecule has 0 unspecified atom stereocenters. The molecule has 1 aliphatic rings. The summed E-state index contributed by atoms with van der Waals surface area (Å²) >= 11 is 0. The molecule has 1 aliphatic heterocycles. The lowest BCUT2D eigenvalue weighted by Gasteiger charge is -2.12. The minimum absolute atomic E-state index is 0.137. The maximum atomic E-state index is 12.2. The van der Waals surface area contributed by atoms with Crippen LogP contribution in [0.1, 0.15) is 22.3 Å². The van der Waals surface area contributed by atoms with Crippen LogP contribution in [0.5, 0.6) is 0 Å². The number of aromatic nitrogens is 3. The molecule has 6 nitrogen and oxygen atoms in total. The first kappa shape index (κ1) is 12.8. The Hall–Kier alpha value is -2.21. The van der Waals surface area contributed by atoms with Crippen molar-refractivity contribution in [3.63, 3.8) is 0 Å². The van der Waals surface area contributed by atoms with Crippen LogP contribution in [-0.4, -0.2) is 40.1 Å². The Morgan fingerprint density at radius 1 is 1.45 bits per heavy atom. The van der Waals surface area contributed by atoms with E-state index in [2.05, 4.69) is 10.1 Å². The number of rotatable bonds is 4. The molecule has 104 valence electrons. The Kier molecular flexibility index (Phi) is 3.73. The second kappa shape index (κ2) is 5.83. The van der Waals surface area contributed by atoms with Crippen molar-refractivity contribution in [3.05, 3.63) is 48.0 Å². The summed E-state index contributed by atoms with van der Waals surface area (Å²) in [5, 5.41) is 4.05. The second-order valence-corrected chi connectivity index (χ2v) is 4.64. The highest BCUT2D eigenvalue weighted by atomic mass is 16.6. The first-order valence-electron chi connectivity index (χ1n) is 6.52. The molecule has 0 aliphatic carbocycles. The van der Waals surface area contributed by atoms with Gasteiger partial charge in [-0.25, -0.2) is 14.5 Å². The Morgan fingerprint density at radius 2 is 2.35 bits per heavy atom. The highest BCUT2D eigenvalue weighted by Crippen LogP contribution is 2.15. The zero-order chi connectivity index (χ0) is 13.8. The Bertz CT molecular complexity index is 577. The normalized spacial score (nSPS) is 18.1. The number of carbonyl (C=O) groups excluding carboxylic acids is 1. The van der Waals surface area contributed by atoms with E-state index in [-0.39, 0.29) is 12.1 Å². The first-order chi connectivity index (χ1) is 9.83. The van der Waals surface area contributed by atoms with Gasteiger partial charge in [0.1, 0.15) is 18.8 Å². The Morgan fingerprint density at radius 3 is 3.10 bits per heavy atom. The van der Waals surface area contributed by atoms with Crippen LogP contribution >= 0.6 is 0 Å². The molecule has 1 aromatic heterocycles. The molecule has 1 saturated heterocycles. The van der Waals surface area contributed by atoms with Gasteiger partial charge >= 0.3 is 5.97 Å². The molecule has 0 amide bonds. The predicted octanol–water partition coefficient (Wildman–Crippen LogP) is 1.27. The van der Waals surface area contributed by atoms with E-state index in [1.165, 1.54) is 6.33 Å². The maximum Gasteiger partial charge on any atom is 0.338 e. The van der Waals surface area contributed by atoms with E-state index in [9.17, 15) is 4.79 Å². The second-order valence-electron chi connectivity index (χ2n) is 4.64. The van der Waals surface area contributed by atoms with Crippen LogP contribution in [0.15, 0.2) is 36.9 Å². The minimum atomic E-state index is -0.309. The Labute approximate surface area is 116 Å². The van der Waals surface area contributed by atoms with Gasteiger partial charge in [-0.1, -0.05) is 18.2 Å². The summed E-state index contributed by atoms with van der Waals surface area (Å²) in [4.78, 5) is 16.1. The number of hydrogen-bond donors (Lipinski definition) is 0. The number of ether oxygens (including phenoxy) is 2. The average molecular weight is 273 g/mol. The Balaban J connectivity index is 1.76. The van der Waals surface area contributed by atoms with Gasteiger partial charge in [-0.15, -0.1) is 0 Å². The van der Waals surface area contributed by atoms with E-state index < -0.39 is 0 Å². The summed E-state index contributed by atoms with van der Waals surface area (Å²) in [6, 6.07) is 7.38. The number of nitrogens with zero attached hydrogens (tertiary/aromatic N) is 3. The van der Waals surface area contributed by atoms with Crippen LogP contribution in [0.4, 0.5) is 0 Å². The number of carbonyl (C=O) groups is 1. The lowest BCUT2D eigenvalue weighted by molar-refractivity contribution is 0.0269. The fourth-order valence-electron chi connectivity index (χ4n) is 2.17. The van der Waals surface area contributed by atoms with E-state index in [1.54, 1.807) is 17.1 Å². The molecule has 0 saturated carbocycles. The summed E-state index contributed by atoms with van der Waals surface area (Å²) in [6.07, 6.45) is 3.71. The monoisotopic (exact) mass is 273 g/mol. The third kappa shape index (κ3) is 2.85. The molecule has 3 rings (SSSR count). The molecule has 2 heterocycles. The topological polar surface area (TPSA) is 66.2 Å². The van der Waals surface area contributed by atoms with E-state index in [0.29, 0.717) is 25.3 Å². The fourth-order valence-corrected chi connectivity index (χ4v) is 2.17. The molecule has 0 spiro atoms. The van der Waals surface area contributed by atoms with Crippen LogP contribution in [0.2, 0.25) is 0 Å². The molecular weight excluding hydrogens is 258 g/mol. The molecular formula is C14H15N3O3. The number of benzene rings is 1. The van der Waals surface area contributed by atoms with Crippen LogP contribution < -0.4 is 0 Å². The lowest BCUT2D eigenvalue weighted by atomic mass is 10.1. The van der Waals surface area contributed by atoms with Gasteiger partial charge in [0.15, 0.2) is 0 Å². The molecule has 20 heavy (non-hydrogen) atoms. The van der Waals surface area contributed by atoms with Crippen LogP contribution in [0, 0.1) is 0 Å². The molecule has 0 N–H and O–H groups in total. The van der Waals surface area contributed by atoms with Gasteiger partial charge in [-0.2, -0.15) is 5.10 Å². The summed E-state index contributed by atoms with van der Waals surface area (Å²) in [7, 11) is 0. The van der Waals surface area contributed by atoms with Crippen molar-refractivity contribution in [1.29, 1.82) is 0 Å². The number of hydrogen-bond acceptors (Lipinski definition) is 5. The summed E-state index contributed by atoms with van der Waals surface area (Å²) in [6.45, 7) is 1.63. The van der Waals surface area contributed by atoms with Gasteiger partial charge in [0.05, 0.1) is 25.3 Å². The predicted molar refractivity (Wildman–Crippen MR) is 70.2 cm³/mol. The molecule has 2 aromatic rings. The van der Waals surface area contributed by atoms with Crippen molar-refractivity contribution in [2.75, 3.05) is 13.2 Å². The average Bonchev–Trinajstić information content (AvgIpc) is 3.13.